The van der Waals surface area contributed by atoms with E-state index in [1.54, 1.807) is 32.7 Å². The van der Waals surface area contributed by atoms with Crippen LogP contribution in [0.15, 0.2) is 72.8 Å². The van der Waals surface area contributed by atoms with Gasteiger partial charge in [0.1, 0.15) is 23.7 Å². The van der Waals surface area contributed by atoms with Crippen molar-refractivity contribution in [3.63, 3.8) is 0 Å². The van der Waals surface area contributed by atoms with Crippen molar-refractivity contribution in [3.05, 3.63) is 83.9 Å². The van der Waals surface area contributed by atoms with E-state index in [9.17, 15) is 19.2 Å². The van der Waals surface area contributed by atoms with Crippen molar-refractivity contribution in [2.45, 2.75) is 91.6 Å². The third-order valence-electron chi connectivity index (χ3n) is 8.68. The number of likely N-dealkylation sites (N-methyl/N-ethyl adjacent to an activating group) is 1. The molecular weight excluding hydrogens is 580 g/mol. The molecule has 0 heterocycles. The summed E-state index contributed by atoms with van der Waals surface area (Å²) in [6.45, 7) is 14.5. The largest absolute Gasteiger partial charge is 0.445 e. The Labute approximate surface area is 273 Å². The first-order chi connectivity index (χ1) is 21.6. The molecule has 248 valence electrons. The molecule has 0 aliphatic rings. The number of hydrogen-bond acceptors (Lipinski definition) is 5. The van der Waals surface area contributed by atoms with E-state index in [-0.39, 0.29) is 30.4 Å². The number of ether oxygens (including phenoxy) is 1. The molecule has 3 aromatic carbocycles. The Morgan fingerprint density at radius 2 is 1.41 bits per heavy atom. The number of alkyl carbamates (subject to hydrolysis) is 1. The summed E-state index contributed by atoms with van der Waals surface area (Å²) < 4.78 is 5.33. The number of hydrogen-bond donors (Lipinski definition) is 3. The van der Waals surface area contributed by atoms with Gasteiger partial charge in [-0.25, -0.2) is 4.79 Å². The first-order valence-electron chi connectivity index (χ1n) is 15.9. The lowest BCUT2D eigenvalue weighted by atomic mass is 9.85. The summed E-state index contributed by atoms with van der Waals surface area (Å²) in [6.07, 6.45) is -0.392. The van der Waals surface area contributed by atoms with E-state index < -0.39 is 35.0 Å². The molecule has 0 aromatic heterocycles. The van der Waals surface area contributed by atoms with Crippen LogP contribution in [-0.4, -0.2) is 52.9 Å². The second-order valence-electron chi connectivity index (χ2n) is 13.5. The highest BCUT2D eigenvalue weighted by atomic mass is 16.5. The highest BCUT2D eigenvalue weighted by molar-refractivity contribution is 5.97. The first kappa shape index (κ1) is 36.1. The van der Waals surface area contributed by atoms with Crippen LogP contribution in [0, 0.1) is 11.8 Å². The van der Waals surface area contributed by atoms with Gasteiger partial charge in [0.05, 0.1) is 6.04 Å². The van der Waals surface area contributed by atoms with Crippen LogP contribution in [0.5, 0.6) is 0 Å². The van der Waals surface area contributed by atoms with Gasteiger partial charge < -0.3 is 25.6 Å². The summed E-state index contributed by atoms with van der Waals surface area (Å²) in [4.78, 5) is 55.6. The van der Waals surface area contributed by atoms with Crippen molar-refractivity contribution in [1.29, 1.82) is 0 Å². The molecule has 3 aromatic rings. The van der Waals surface area contributed by atoms with Gasteiger partial charge in [0.15, 0.2) is 0 Å². The Balaban J connectivity index is 1.73. The third-order valence-corrected chi connectivity index (χ3v) is 8.68. The van der Waals surface area contributed by atoms with E-state index in [1.165, 1.54) is 0 Å². The number of carbonyl (C=O) groups is 4. The molecule has 3 rings (SSSR count). The molecule has 4 amide bonds. The molecule has 0 aliphatic carbocycles. The number of benzene rings is 3. The fourth-order valence-corrected chi connectivity index (χ4v) is 5.26. The van der Waals surface area contributed by atoms with Crippen LogP contribution < -0.4 is 16.0 Å². The van der Waals surface area contributed by atoms with E-state index in [4.69, 9.17) is 4.74 Å². The van der Waals surface area contributed by atoms with Gasteiger partial charge in [0.2, 0.25) is 17.7 Å². The van der Waals surface area contributed by atoms with Crippen LogP contribution in [0.25, 0.3) is 10.8 Å². The summed E-state index contributed by atoms with van der Waals surface area (Å²) in [7, 11) is 1.74. The van der Waals surface area contributed by atoms with Gasteiger partial charge in [0, 0.05) is 7.05 Å². The number of nitrogens with one attached hydrogen (secondary N) is 3. The molecule has 3 N–H and O–H groups in total. The molecule has 0 unspecified atom stereocenters. The molecule has 0 bridgehead atoms. The lowest BCUT2D eigenvalue weighted by Gasteiger charge is -2.41. The first-order valence-corrected chi connectivity index (χ1v) is 15.9. The molecule has 9 nitrogen and oxygen atoms in total. The number of amides is 4. The zero-order chi connectivity index (χ0) is 34.2. The molecule has 0 spiro atoms. The molecular formula is C37H50N4O5. The van der Waals surface area contributed by atoms with Crippen molar-refractivity contribution in [1.82, 2.24) is 20.9 Å². The Bertz CT molecular complexity index is 1520. The lowest BCUT2D eigenvalue weighted by molar-refractivity contribution is -0.145. The number of nitrogens with zero attached hydrogens (tertiary/aromatic N) is 1. The van der Waals surface area contributed by atoms with Gasteiger partial charge in [-0.15, -0.1) is 0 Å². The zero-order valence-corrected chi connectivity index (χ0v) is 28.6. The Morgan fingerprint density at radius 3 is 2.04 bits per heavy atom. The average Bonchev–Trinajstić information content (AvgIpc) is 3.01. The number of carbonyl (C=O) groups excluding carboxylic acids is 4. The lowest BCUT2D eigenvalue weighted by Crippen LogP contribution is -2.67. The van der Waals surface area contributed by atoms with Gasteiger partial charge in [-0.3, -0.25) is 14.4 Å². The van der Waals surface area contributed by atoms with E-state index in [0.29, 0.717) is 6.42 Å². The van der Waals surface area contributed by atoms with Crippen LogP contribution in [0.4, 0.5) is 4.79 Å². The fraction of sp³-hybridized carbons (Fsp3) is 0.459. The van der Waals surface area contributed by atoms with Gasteiger partial charge in [0.25, 0.3) is 0 Å². The summed E-state index contributed by atoms with van der Waals surface area (Å²) >= 11 is 0. The summed E-state index contributed by atoms with van der Waals surface area (Å²) in [5, 5.41) is 10.6. The number of rotatable bonds is 13. The van der Waals surface area contributed by atoms with Gasteiger partial charge in [-0.2, -0.15) is 0 Å². The van der Waals surface area contributed by atoms with Gasteiger partial charge in [-0.1, -0.05) is 100 Å². The van der Waals surface area contributed by atoms with Crippen molar-refractivity contribution < 1.29 is 23.9 Å². The van der Waals surface area contributed by atoms with Crippen LogP contribution >= 0.6 is 0 Å². The molecule has 0 radical (unpaired) electrons. The Morgan fingerprint density at radius 1 is 0.804 bits per heavy atom. The molecule has 0 saturated carbocycles. The second-order valence-corrected chi connectivity index (χ2v) is 13.5. The molecule has 9 heteroatoms. The second kappa shape index (κ2) is 15.3. The van der Waals surface area contributed by atoms with Crippen molar-refractivity contribution >= 4 is 34.6 Å². The summed E-state index contributed by atoms with van der Waals surface area (Å²) in [6, 6.07) is 22.1. The van der Waals surface area contributed by atoms with E-state index in [1.807, 2.05) is 107 Å². The minimum absolute atomic E-state index is 0.0615. The highest BCUT2D eigenvalue weighted by Crippen LogP contribution is 2.30. The Hall–Kier alpha value is -4.40. The van der Waals surface area contributed by atoms with Crippen molar-refractivity contribution in [3.8, 4) is 0 Å². The Kier molecular flexibility index (Phi) is 12.0. The minimum Gasteiger partial charge on any atom is -0.445 e. The molecule has 46 heavy (non-hydrogen) atoms. The van der Waals surface area contributed by atoms with Crippen LogP contribution in [-0.2, 0) is 25.7 Å². The highest BCUT2D eigenvalue weighted by Gasteiger charge is 2.44. The normalized spacial score (nSPS) is 14.2. The number of fused-ring (bicyclic) bond motifs is 1. The summed E-state index contributed by atoms with van der Waals surface area (Å²) in [5.74, 6) is -1.49. The molecule has 3 atom stereocenters. The minimum atomic E-state index is -1.40. The predicted octanol–water partition coefficient (Wildman–Crippen LogP) is 6.13. The SMILES string of the molecule is CC(C)C[C@H](NC(=O)OCc1ccccc1)C(=O)NC(C)(C)C(=O)N[C@@](C)(C(=O)N(C)[C@H](C)c1cccc2ccccc12)C(C)C. The van der Waals surface area contributed by atoms with Crippen molar-refractivity contribution in [2.75, 3.05) is 7.05 Å². The van der Waals surface area contributed by atoms with Gasteiger partial charge >= 0.3 is 6.09 Å². The third kappa shape index (κ3) is 8.86. The molecule has 0 aliphatic heterocycles. The average molecular weight is 631 g/mol. The standard InChI is InChI=1S/C37H50N4O5/c1-24(2)22-31(38-35(45)46-23-27-16-11-10-12-17-27)32(42)39-36(6,7)33(43)40-37(8,25(3)4)34(44)41(9)26(5)29-21-15-19-28-18-13-14-20-30(28)29/h10-21,24-26,31H,22-23H2,1-9H3,(H,38,45)(H,39,42)(H,40,43)/t26-,31+,37-/m1/s1. The maximum absolute atomic E-state index is 14.1. The maximum Gasteiger partial charge on any atom is 0.408 e. The van der Waals surface area contributed by atoms with E-state index in [0.717, 1.165) is 21.9 Å². The van der Waals surface area contributed by atoms with Crippen LogP contribution in [0.1, 0.15) is 79.0 Å². The molecule has 0 saturated heterocycles. The summed E-state index contributed by atoms with van der Waals surface area (Å²) in [5.41, 5.74) is -0.855. The quantitative estimate of drug-likeness (QED) is 0.210. The fourth-order valence-electron chi connectivity index (χ4n) is 5.26. The van der Waals surface area contributed by atoms with Crippen LogP contribution in [0.2, 0.25) is 0 Å². The van der Waals surface area contributed by atoms with Crippen molar-refractivity contribution in [2.24, 2.45) is 11.8 Å². The van der Waals surface area contributed by atoms with Crippen LogP contribution in [0.3, 0.4) is 0 Å². The van der Waals surface area contributed by atoms with E-state index >= 15 is 0 Å². The smallest absolute Gasteiger partial charge is 0.408 e. The van der Waals surface area contributed by atoms with Gasteiger partial charge in [-0.05, 0) is 67.9 Å². The topological polar surface area (TPSA) is 117 Å². The monoisotopic (exact) mass is 630 g/mol. The predicted molar refractivity (Wildman–Crippen MR) is 182 cm³/mol. The maximum atomic E-state index is 14.1. The van der Waals surface area contributed by atoms with E-state index in [2.05, 4.69) is 16.0 Å². The molecule has 0 fully saturated rings. The zero-order valence-electron chi connectivity index (χ0n) is 28.6.